The first-order valence-electron chi connectivity index (χ1n) is 10.9. The van der Waals surface area contributed by atoms with E-state index in [9.17, 15) is 9.90 Å². The average Bonchev–Trinajstić information content (AvgIpc) is 3.23. The Bertz CT molecular complexity index is 1110. The van der Waals surface area contributed by atoms with Gasteiger partial charge in [0.15, 0.2) is 0 Å². The average molecular weight is 520 g/mol. The molecule has 1 heterocycles. The topological polar surface area (TPSA) is 53.0 Å². The number of benzene rings is 3. The van der Waals surface area contributed by atoms with Crippen LogP contribution in [0.15, 0.2) is 72.8 Å². The van der Waals surface area contributed by atoms with Crippen LogP contribution in [0.1, 0.15) is 16.7 Å². The van der Waals surface area contributed by atoms with E-state index < -0.39 is 12.2 Å². The largest absolute Gasteiger partial charge is 0.445 e. The summed E-state index contributed by atoms with van der Waals surface area (Å²) < 4.78 is 5.48. The van der Waals surface area contributed by atoms with E-state index in [1.54, 1.807) is 11.0 Å². The molecular weight excluding hydrogens is 495 g/mol. The van der Waals surface area contributed by atoms with Gasteiger partial charge in [-0.25, -0.2) is 4.79 Å². The molecule has 8 heteroatoms. The van der Waals surface area contributed by atoms with E-state index >= 15 is 0 Å². The molecule has 1 fully saturated rings. The molecule has 0 bridgehead atoms. The van der Waals surface area contributed by atoms with Gasteiger partial charge in [-0.05, 0) is 41.0 Å². The highest BCUT2D eigenvalue weighted by atomic mass is 35.5. The Kier molecular flexibility index (Phi) is 8.35. The fraction of sp³-hybridized carbons (Fsp3) is 0.269. The van der Waals surface area contributed by atoms with Crippen LogP contribution < -0.4 is 0 Å². The number of aliphatic hydroxyl groups is 1. The van der Waals surface area contributed by atoms with E-state index in [2.05, 4.69) is 4.90 Å². The second kappa shape index (κ2) is 11.4. The first-order valence-corrected chi connectivity index (χ1v) is 12.1. The standard InChI is InChI=1S/C26H25Cl3N2O3/c27-21-9-6-18(7-10-21)13-30(14-20-8-11-22(28)23(29)12-20)24-15-31(16-25(24)32)26(33)34-17-19-4-2-1-3-5-19/h1-12,24-25,32H,13-17H2/t24-,25-/m1/s1. The third-order valence-electron chi connectivity index (χ3n) is 5.86. The molecule has 0 radical (unpaired) electrons. The van der Waals surface area contributed by atoms with Gasteiger partial charge < -0.3 is 14.7 Å². The van der Waals surface area contributed by atoms with Crippen molar-refractivity contribution in [3.63, 3.8) is 0 Å². The van der Waals surface area contributed by atoms with Crippen molar-refractivity contribution in [3.8, 4) is 0 Å². The normalized spacial score (nSPS) is 17.9. The molecule has 178 valence electrons. The van der Waals surface area contributed by atoms with Gasteiger partial charge >= 0.3 is 6.09 Å². The van der Waals surface area contributed by atoms with Crippen molar-refractivity contribution in [2.45, 2.75) is 31.8 Å². The van der Waals surface area contributed by atoms with Gasteiger partial charge in [0.1, 0.15) is 6.61 Å². The van der Waals surface area contributed by atoms with E-state index in [-0.39, 0.29) is 19.2 Å². The minimum absolute atomic E-state index is 0.189. The molecule has 0 saturated carbocycles. The van der Waals surface area contributed by atoms with Gasteiger partial charge in [0, 0.05) is 24.7 Å². The first-order chi connectivity index (χ1) is 16.4. The molecule has 3 aromatic carbocycles. The number of amides is 1. The van der Waals surface area contributed by atoms with Crippen LogP contribution in [0.2, 0.25) is 15.1 Å². The maximum atomic E-state index is 12.7. The van der Waals surface area contributed by atoms with Crippen LogP contribution in [0.25, 0.3) is 0 Å². The molecule has 1 amide bonds. The molecule has 0 spiro atoms. The highest BCUT2D eigenvalue weighted by Gasteiger charge is 2.38. The molecule has 5 nitrogen and oxygen atoms in total. The second-order valence-electron chi connectivity index (χ2n) is 8.36. The van der Waals surface area contributed by atoms with E-state index in [1.165, 1.54) is 0 Å². The van der Waals surface area contributed by atoms with Crippen LogP contribution in [0.3, 0.4) is 0 Å². The maximum absolute atomic E-state index is 12.7. The van der Waals surface area contributed by atoms with E-state index in [4.69, 9.17) is 39.5 Å². The van der Waals surface area contributed by atoms with Crippen LogP contribution >= 0.6 is 34.8 Å². The summed E-state index contributed by atoms with van der Waals surface area (Å²) in [5.41, 5.74) is 2.92. The second-order valence-corrected chi connectivity index (χ2v) is 9.61. The molecule has 0 unspecified atom stereocenters. The van der Waals surface area contributed by atoms with E-state index in [0.717, 1.165) is 16.7 Å². The summed E-state index contributed by atoms with van der Waals surface area (Å²) in [6.07, 6.45) is -1.16. The number of halogens is 3. The zero-order chi connectivity index (χ0) is 24.1. The number of likely N-dealkylation sites (tertiary alicyclic amines) is 1. The monoisotopic (exact) mass is 518 g/mol. The number of hydrogen-bond acceptors (Lipinski definition) is 4. The van der Waals surface area contributed by atoms with Crippen LogP contribution in [0.5, 0.6) is 0 Å². The lowest BCUT2D eigenvalue weighted by molar-refractivity contribution is 0.0728. The van der Waals surface area contributed by atoms with Crippen molar-refractivity contribution >= 4 is 40.9 Å². The maximum Gasteiger partial charge on any atom is 0.410 e. The molecule has 1 aliphatic rings. The number of hydrogen-bond donors (Lipinski definition) is 1. The minimum Gasteiger partial charge on any atom is -0.445 e. The molecule has 1 N–H and O–H groups in total. The lowest BCUT2D eigenvalue weighted by atomic mass is 10.1. The van der Waals surface area contributed by atoms with Gasteiger partial charge in [-0.15, -0.1) is 0 Å². The summed E-state index contributed by atoms with van der Waals surface area (Å²) >= 11 is 18.4. The van der Waals surface area contributed by atoms with Gasteiger partial charge in [0.2, 0.25) is 0 Å². The van der Waals surface area contributed by atoms with Crippen molar-refractivity contribution in [2.24, 2.45) is 0 Å². The lowest BCUT2D eigenvalue weighted by Gasteiger charge is -2.31. The van der Waals surface area contributed by atoms with E-state index in [0.29, 0.717) is 34.7 Å². The predicted octanol–water partition coefficient (Wildman–Crippen LogP) is 6.03. The third-order valence-corrected chi connectivity index (χ3v) is 6.85. The number of carbonyl (C=O) groups is 1. The number of β-amino-alcohol motifs (C(OH)–C–C–N with tert-alkyl or cyclic N) is 1. The lowest BCUT2D eigenvalue weighted by Crippen LogP contribution is -2.42. The molecule has 3 aromatic rings. The quantitative estimate of drug-likeness (QED) is 0.414. The highest BCUT2D eigenvalue weighted by molar-refractivity contribution is 6.42. The molecule has 4 rings (SSSR count). The number of nitrogens with zero attached hydrogens (tertiary/aromatic N) is 2. The summed E-state index contributed by atoms with van der Waals surface area (Å²) in [5, 5.41) is 12.5. The number of ether oxygens (including phenoxy) is 1. The van der Waals surface area contributed by atoms with Gasteiger partial charge in [0.05, 0.1) is 28.7 Å². The molecule has 1 saturated heterocycles. The Hall–Kier alpha value is -2.28. The van der Waals surface area contributed by atoms with Crippen LogP contribution in [-0.2, 0) is 24.4 Å². The molecular formula is C26H25Cl3N2O3. The Morgan fingerprint density at radius 3 is 2.26 bits per heavy atom. The van der Waals surface area contributed by atoms with Gasteiger partial charge in [-0.3, -0.25) is 4.90 Å². The summed E-state index contributed by atoms with van der Waals surface area (Å²) in [6.45, 7) is 1.83. The molecule has 34 heavy (non-hydrogen) atoms. The fourth-order valence-corrected chi connectivity index (χ4v) is 4.52. The van der Waals surface area contributed by atoms with Crippen molar-refractivity contribution in [1.29, 1.82) is 0 Å². The zero-order valence-electron chi connectivity index (χ0n) is 18.4. The van der Waals surface area contributed by atoms with Crippen LogP contribution in [0, 0.1) is 0 Å². The molecule has 2 atom stereocenters. The van der Waals surface area contributed by atoms with Gasteiger partial charge in [-0.1, -0.05) is 83.3 Å². The molecule has 0 aromatic heterocycles. The van der Waals surface area contributed by atoms with Gasteiger partial charge in [-0.2, -0.15) is 0 Å². The Labute approximate surface area is 214 Å². The zero-order valence-corrected chi connectivity index (χ0v) is 20.7. The number of carbonyl (C=O) groups excluding carboxylic acids is 1. The Morgan fingerprint density at radius 1 is 0.882 bits per heavy atom. The predicted molar refractivity (Wildman–Crippen MR) is 135 cm³/mol. The smallest absolute Gasteiger partial charge is 0.410 e. The summed E-state index contributed by atoms with van der Waals surface area (Å²) in [7, 11) is 0. The van der Waals surface area contributed by atoms with Crippen LogP contribution in [-0.4, -0.2) is 46.2 Å². The van der Waals surface area contributed by atoms with Crippen molar-refractivity contribution in [1.82, 2.24) is 9.80 Å². The Balaban J connectivity index is 1.48. The summed E-state index contributed by atoms with van der Waals surface area (Å²) in [6, 6.07) is 22.3. The fourth-order valence-electron chi connectivity index (χ4n) is 4.08. The highest BCUT2D eigenvalue weighted by Crippen LogP contribution is 2.27. The third kappa shape index (κ3) is 6.44. The molecule has 0 aliphatic carbocycles. The van der Waals surface area contributed by atoms with Crippen molar-refractivity contribution in [3.05, 3.63) is 105 Å². The SMILES string of the molecule is O=C(OCc1ccccc1)N1C[C@@H](O)[C@H](N(Cc2ccc(Cl)cc2)Cc2ccc(Cl)c(Cl)c2)C1. The molecule has 1 aliphatic heterocycles. The summed E-state index contributed by atoms with van der Waals surface area (Å²) in [5.74, 6) is 0. The Morgan fingerprint density at radius 2 is 1.56 bits per heavy atom. The van der Waals surface area contributed by atoms with Gasteiger partial charge in [0.25, 0.3) is 0 Å². The summed E-state index contributed by atoms with van der Waals surface area (Å²) in [4.78, 5) is 16.4. The van der Waals surface area contributed by atoms with E-state index in [1.807, 2.05) is 66.7 Å². The van der Waals surface area contributed by atoms with Crippen molar-refractivity contribution < 1.29 is 14.6 Å². The number of aliphatic hydroxyl groups excluding tert-OH is 1. The minimum atomic E-state index is -0.723. The first kappa shape index (κ1) is 24.8. The van der Waals surface area contributed by atoms with Crippen LogP contribution in [0.4, 0.5) is 4.79 Å². The van der Waals surface area contributed by atoms with Crippen molar-refractivity contribution in [2.75, 3.05) is 13.1 Å². The number of rotatable bonds is 7.